The van der Waals surface area contributed by atoms with Crippen molar-refractivity contribution >= 4 is 0 Å². The van der Waals surface area contributed by atoms with Crippen LogP contribution >= 0.6 is 0 Å². The highest BCUT2D eigenvalue weighted by atomic mass is 14.4. The normalized spacial score (nSPS) is 16.8. The molecule has 0 spiro atoms. The zero-order valence-electron chi connectivity index (χ0n) is 10.9. The van der Waals surface area contributed by atoms with Crippen molar-refractivity contribution in [2.24, 2.45) is 11.3 Å². The molecule has 0 radical (unpaired) electrons. The van der Waals surface area contributed by atoms with Gasteiger partial charge in [-0.2, -0.15) is 5.26 Å². The number of nitriles is 1. The summed E-state index contributed by atoms with van der Waals surface area (Å²) in [4.78, 5) is 0. The van der Waals surface area contributed by atoms with E-state index < -0.39 is 0 Å². The highest BCUT2D eigenvalue weighted by Gasteiger charge is 2.36. The van der Waals surface area contributed by atoms with Crippen molar-refractivity contribution in [1.82, 2.24) is 0 Å². The van der Waals surface area contributed by atoms with Gasteiger partial charge in [-0.25, -0.2) is 0 Å². The van der Waals surface area contributed by atoms with Crippen LogP contribution in [0.3, 0.4) is 0 Å². The molecule has 0 aliphatic heterocycles. The molecule has 0 amide bonds. The van der Waals surface area contributed by atoms with Crippen molar-refractivity contribution in [2.45, 2.75) is 46.0 Å². The first-order valence-electron chi connectivity index (χ1n) is 6.63. The van der Waals surface area contributed by atoms with Gasteiger partial charge in [-0.3, -0.25) is 0 Å². The topological polar surface area (TPSA) is 23.8 Å². The van der Waals surface area contributed by atoms with Gasteiger partial charge in [0.2, 0.25) is 0 Å². The lowest BCUT2D eigenvalue weighted by Gasteiger charge is -2.20. The van der Waals surface area contributed by atoms with E-state index in [1.807, 2.05) is 0 Å². The Morgan fingerprint density at radius 2 is 1.82 bits per heavy atom. The van der Waals surface area contributed by atoms with Gasteiger partial charge in [0.25, 0.3) is 0 Å². The molecule has 1 aromatic rings. The predicted molar refractivity (Wildman–Crippen MR) is 70.6 cm³/mol. The minimum Gasteiger partial charge on any atom is -0.198 e. The summed E-state index contributed by atoms with van der Waals surface area (Å²) in [6.07, 6.45) is 5.38. The van der Waals surface area contributed by atoms with Gasteiger partial charge >= 0.3 is 0 Å². The van der Waals surface area contributed by atoms with E-state index in [-0.39, 0.29) is 5.41 Å². The number of nitrogens with zero attached hydrogens (tertiary/aromatic N) is 1. The van der Waals surface area contributed by atoms with Crippen LogP contribution in [0.15, 0.2) is 24.3 Å². The van der Waals surface area contributed by atoms with Crippen LogP contribution in [0.4, 0.5) is 0 Å². The molecule has 0 saturated carbocycles. The number of rotatable bonds is 4. The third-order valence-corrected chi connectivity index (χ3v) is 3.85. The first-order valence-corrected chi connectivity index (χ1v) is 6.63. The lowest BCUT2D eigenvalue weighted by molar-refractivity contribution is 0.355. The van der Waals surface area contributed by atoms with Crippen molar-refractivity contribution in [2.75, 3.05) is 0 Å². The molecule has 1 heteroatoms. The second kappa shape index (κ2) is 4.92. The number of hydrogen-bond donors (Lipinski definition) is 0. The van der Waals surface area contributed by atoms with Gasteiger partial charge in [-0.1, -0.05) is 51.0 Å². The van der Waals surface area contributed by atoms with E-state index in [2.05, 4.69) is 44.2 Å². The Kier molecular flexibility index (Phi) is 3.52. The summed E-state index contributed by atoms with van der Waals surface area (Å²) in [6.45, 7) is 4.50. The summed E-state index contributed by atoms with van der Waals surface area (Å²) < 4.78 is 0. The Balaban J connectivity index is 2.03. The van der Waals surface area contributed by atoms with Crippen molar-refractivity contribution in [1.29, 1.82) is 5.26 Å². The predicted octanol–water partition coefficient (Wildman–Crippen LogP) is 4.12. The lowest BCUT2D eigenvalue weighted by atomic mass is 9.81. The Bertz CT molecular complexity index is 400. The molecule has 0 atom stereocenters. The summed E-state index contributed by atoms with van der Waals surface area (Å²) in [5, 5.41) is 9.50. The largest absolute Gasteiger partial charge is 0.198 e. The van der Waals surface area contributed by atoms with Gasteiger partial charge < -0.3 is 0 Å². The summed E-state index contributed by atoms with van der Waals surface area (Å²) in [5.41, 5.74) is 2.66. The number of benzene rings is 1. The van der Waals surface area contributed by atoms with Crippen molar-refractivity contribution in [3.05, 3.63) is 35.4 Å². The zero-order chi connectivity index (χ0) is 12.3. The summed E-state index contributed by atoms with van der Waals surface area (Å²) in [7, 11) is 0. The summed E-state index contributed by atoms with van der Waals surface area (Å²) in [5.74, 6) is 0.745. The van der Waals surface area contributed by atoms with Crippen LogP contribution in [0.1, 0.15) is 44.2 Å². The zero-order valence-corrected chi connectivity index (χ0v) is 10.9. The van der Waals surface area contributed by atoms with Crippen molar-refractivity contribution < 1.29 is 0 Å². The van der Waals surface area contributed by atoms with Gasteiger partial charge in [0.05, 0.1) is 11.5 Å². The fourth-order valence-corrected chi connectivity index (χ4v) is 2.85. The molecule has 17 heavy (non-hydrogen) atoms. The average molecular weight is 227 g/mol. The van der Waals surface area contributed by atoms with Crippen molar-refractivity contribution in [3.63, 3.8) is 0 Å². The average Bonchev–Trinajstić information content (AvgIpc) is 2.67. The second-order valence-corrected chi connectivity index (χ2v) is 5.80. The highest BCUT2D eigenvalue weighted by Crippen LogP contribution is 2.40. The lowest BCUT2D eigenvalue weighted by Crippen LogP contribution is -2.19. The molecule has 90 valence electrons. The molecular formula is C16H21N. The monoisotopic (exact) mass is 227 g/mol. The Morgan fingerprint density at radius 1 is 1.24 bits per heavy atom. The van der Waals surface area contributed by atoms with Crippen molar-refractivity contribution in [3.8, 4) is 6.07 Å². The molecule has 1 aliphatic rings. The molecule has 1 aliphatic carbocycles. The minimum atomic E-state index is -0.113. The van der Waals surface area contributed by atoms with E-state index in [0.717, 1.165) is 25.2 Å². The van der Waals surface area contributed by atoms with Crippen LogP contribution in [0.5, 0.6) is 0 Å². The SMILES string of the molecule is CC(C)CCCC1(C#N)Cc2ccccc2C1. The fourth-order valence-electron chi connectivity index (χ4n) is 2.85. The molecule has 1 aromatic carbocycles. The van der Waals surface area contributed by atoms with E-state index >= 15 is 0 Å². The quantitative estimate of drug-likeness (QED) is 0.759. The Morgan fingerprint density at radius 3 is 2.29 bits per heavy atom. The molecule has 0 fully saturated rings. The molecule has 0 unspecified atom stereocenters. The van der Waals surface area contributed by atoms with Gasteiger partial charge in [0, 0.05) is 0 Å². The van der Waals surface area contributed by atoms with Gasteiger partial charge in [-0.15, -0.1) is 0 Å². The van der Waals surface area contributed by atoms with Crippen LogP contribution in [-0.2, 0) is 12.8 Å². The molecule has 0 bridgehead atoms. The molecular weight excluding hydrogens is 206 g/mol. The van der Waals surface area contributed by atoms with Crippen LogP contribution in [-0.4, -0.2) is 0 Å². The standard InChI is InChI=1S/C16H21N/c1-13(2)6-5-9-16(12-17)10-14-7-3-4-8-15(14)11-16/h3-4,7-8,13H,5-6,9-11H2,1-2H3. The maximum absolute atomic E-state index is 9.50. The maximum atomic E-state index is 9.50. The third-order valence-electron chi connectivity index (χ3n) is 3.85. The molecule has 2 rings (SSSR count). The van der Waals surface area contributed by atoms with Crippen LogP contribution < -0.4 is 0 Å². The maximum Gasteiger partial charge on any atom is 0.0696 e. The number of fused-ring (bicyclic) bond motifs is 1. The smallest absolute Gasteiger partial charge is 0.0696 e. The van der Waals surface area contributed by atoms with E-state index in [4.69, 9.17) is 0 Å². The Labute approximate surface area is 104 Å². The molecule has 0 heterocycles. The van der Waals surface area contributed by atoms with Crippen LogP contribution in [0.2, 0.25) is 0 Å². The van der Waals surface area contributed by atoms with Crippen LogP contribution in [0, 0.1) is 22.7 Å². The molecule has 0 saturated heterocycles. The van der Waals surface area contributed by atoms with E-state index in [0.29, 0.717) is 0 Å². The third kappa shape index (κ3) is 2.69. The second-order valence-electron chi connectivity index (χ2n) is 5.80. The first kappa shape index (κ1) is 12.2. The minimum absolute atomic E-state index is 0.113. The molecule has 0 N–H and O–H groups in total. The van der Waals surface area contributed by atoms with E-state index in [1.54, 1.807) is 0 Å². The van der Waals surface area contributed by atoms with E-state index in [1.165, 1.54) is 24.0 Å². The highest BCUT2D eigenvalue weighted by molar-refractivity contribution is 5.36. The summed E-state index contributed by atoms with van der Waals surface area (Å²) in [6, 6.07) is 11.1. The summed E-state index contributed by atoms with van der Waals surface area (Å²) >= 11 is 0. The van der Waals surface area contributed by atoms with Gasteiger partial charge in [0.1, 0.15) is 0 Å². The molecule has 0 aromatic heterocycles. The van der Waals surface area contributed by atoms with Crippen LogP contribution in [0.25, 0.3) is 0 Å². The molecule has 1 nitrogen and oxygen atoms in total. The first-order chi connectivity index (χ1) is 8.15. The van der Waals surface area contributed by atoms with Gasteiger partial charge in [-0.05, 0) is 36.3 Å². The number of hydrogen-bond acceptors (Lipinski definition) is 1. The van der Waals surface area contributed by atoms with Gasteiger partial charge in [0.15, 0.2) is 0 Å². The fraction of sp³-hybridized carbons (Fsp3) is 0.562. The Hall–Kier alpha value is -1.29. The van der Waals surface area contributed by atoms with E-state index in [9.17, 15) is 5.26 Å².